The molecule has 0 aliphatic heterocycles. The van der Waals surface area contributed by atoms with Gasteiger partial charge in [-0.05, 0) is 36.6 Å². The van der Waals surface area contributed by atoms with E-state index in [-0.39, 0.29) is 12.5 Å². The predicted molar refractivity (Wildman–Crippen MR) is 80.5 cm³/mol. The van der Waals surface area contributed by atoms with E-state index >= 15 is 0 Å². The first-order chi connectivity index (χ1) is 9.34. The summed E-state index contributed by atoms with van der Waals surface area (Å²) >= 11 is 0. The largest absolute Gasteiger partial charge is 0.384 e. The Bertz CT molecular complexity index is 613. The average molecular weight is 296 g/mol. The third-order valence-electron chi connectivity index (χ3n) is 2.46. The molecule has 20 heavy (non-hydrogen) atoms. The van der Waals surface area contributed by atoms with Crippen LogP contribution in [0.1, 0.15) is 25.0 Å². The summed E-state index contributed by atoms with van der Waals surface area (Å²) in [4.78, 5) is 0. The number of anilines is 1. The number of aryl methyl sites for hydroxylation is 1. The highest BCUT2D eigenvalue weighted by Gasteiger charge is 2.11. The van der Waals surface area contributed by atoms with Crippen LogP contribution in [0, 0.1) is 24.7 Å². The molecule has 0 heterocycles. The van der Waals surface area contributed by atoms with Crippen molar-refractivity contribution in [3.8, 4) is 11.8 Å². The Morgan fingerprint density at radius 3 is 2.60 bits per heavy atom. The fourth-order valence-corrected chi connectivity index (χ4v) is 2.60. The predicted octanol–water partition coefficient (Wildman–Crippen LogP) is 1.24. The maximum absolute atomic E-state index is 11.8. The van der Waals surface area contributed by atoms with Gasteiger partial charge in [-0.3, -0.25) is 4.72 Å². The SMILES string of the molecule is Cc1cc(C#CCO)ccc1NS(=O)(=O)NCC(C)C. The lowest BCUT2D eigenvalue weighted by molar-refractivity contribution is 0.350. The summed E-state index contributed by atoms with van der Waals surface area (Å²) in [6, 6.07) is 5.13. The lowest BCUT2D eigenvalue weighted by Crippen LogP contribution is -2.33. The molecule has 1 aromatic rings. The van der Waals surface area contributed by atoms with Gasteiger partial charge in [-0.15, -0.1) is 0 Å². The molecule has 0 saturated heterocycles. The Hall–Kier alpha value is -1.55. The van der Waals surface area contributed by atoms with Gasteiger partial charge >= 0.3 is 0 Å². The molecule has 0 saturated carbocycles. The normalized spacial score (nSPS) is 11.1. The van der Waals surface area contributed by atoms with Gasteiger partial charge in [0.05, 0.1) is 5.69 Å². The summed E-state index contributed by atoms with van der Waals surface area (Å²) < 4.78 is 28.6. The van der Waals surface area contributed by atoms with Crippen molar-refractivity contribution in [2.24, 2.45) is 5.92 Å². The van der Waals surface area contributed by atoms with Crippen molar-refractivity contribution < 1.29 is 13.5 Å². The third kappa shape index (κ3) is 5.61. The molecule has 3 N–H and O–H groups in total. The monoisotopic (exact) mass is 296 g/mol. The molecule has 110 valence electrons. The van der Waals surface area contributed by atoms with E-state index < -0.39 is 10.2 Å². The van der Waals surface area contributed by atoms with Gasteiger partial charge in [0.25, 0.3) is 10.2 Å². The molecular weight excluding hydrogens is 276 g/mol. The van der Waals surface area contributed by atoms with Crippen molar-refractivity contribution in [3.63, 3.8) is 0 Å². The van der Waals surface area contributed by atoms with Gasteiger partial charge in [-0.2, -0.15) is 13.1 Å². The summed E-state index contributed by atoms with van der Waals surface area (Å²) in [5, 5.41) is 8.63. The van der Waals surface area contributed by atoms with Crippen molar-refractivity contribution in [2.45, 2.75) is 20.8 Å². The second-order valence-electron chi connectivity index (χ2n) is 4.84. The standard InChI is InChI=1S/C14H20N2O3S/c1-11(2)10-15-20(18,19)16-14-7-6-13(5-4-8-17)9-12(14)3/h6-7,9,11,15-17H,8,10H2,1-3H3. The lowest BCUT2D eigenvalue weighted by atomic mass is 10.1. The van der Waals surface area contributed by atoms with Gasteiger partial charge in [0.15, 0.2) is 0 Å². The summed E-state index contributed by atoms with van der Waals surface area (Å²) in [7, 11) is -3.56. The fraction of sp³-hybridized carbons (Fsp3) is 0.429. The van der Waals surface area contributed by atoms with Crippen LogP contribution < -0.4 is 9.44 Å². The number of hydrogen-bond acceptors (Lipinski definition) is 3. The van der Waals surface area contributed by atoms with Crippen LogP contribution >= 0.6 is 0 Å². The van der Waals surface area contributed by atoms with Gasteiger partial charge in [-0.1, -0.05) is 25.7 Å². The van der Waals surface area contributed by atoms with Crippen LogP contribution in [0.15, 0.2) is 18.2 Å². The van der Waals surface area contributed by atoms with E-state index in [1.165, 1.54) is 0 Å². The van der Waals surface area contributed by atoms with Gasteiger partial charge in [-0.25, -0.2) is 0 Å². The fourth-order valence-electron chi connectivity index (χ4n) is 1.45. The van der Waals surface area contributed by atoms with Gasteiger partial charge in [0, 0.05) is 12.1 Å². The number of nitrogens with one attached hydrogen (secondary N) is 2. The molecule has 0 fully saturated rings. The number of hydrogen-bond donors (Lipinski definition) is 3. The highest BCUT2D eigenvalue weighted by Crippen LogP contribution is 2.17. The third-order valence-corrected chi connectivity index (χ3v) is 3.50. The second kappa shape index (κ2) is 7.29. The average Bonchev–Trinajstić information content (AvgIpc) is 2.37. The molecule has 1 rings (SSSR count). The molecule has 6 heteroatoms. The molecule has 0 aliphatic rings. The van der Waals surface area contributed by atoms with Crippen LogP contribution in [-0.2, 0) is 10.2 Å². The summed E-state index contributed by atoms with van der Waals surface area (Å²) in [6.45, 7) is 5.84. The van der Waals surface area contributed by atoms with E-state index in [1.807, 2.05) is 13.8 Å². The van der Waals surface area contributed by atoms with E-state index in [0.717, 1.165) is 11.1 Å². The molecule has 0 unspecified atom stereocenters. The molecule has 0 aromatic heterocycles. The summed E-state index contributed by atoms with van der Waals surface area (Å²) in [6.07, 6.45) is 0. The minimum absolute atomic E-state index is 0.202. The zero-order chi connectivity index (χ0) is 15.2. The number of rotatable bonds is 5. The molecule has 0 aliphatic carbocycles. The molecule has 0 atom stereocenters. The summed E-state index contributed by atoms with van der Waals surface area (Å²) in [5.41, 5.74) is 2.01. The molecular formula is C14H20N2O3S. The van der Waals surface area contributed by atoms with E-state index in [4.69, 9.17) is 5.11 Å². The summed E-state index contributed by atoms with van der Waals surface area (Å²) in [5.74, 6) is 5.56. The molecule has 1 aromatic carbocycles. The zero-order valence-electron chi connectivity index (χ0n) is 11.9. The van der Waals surface area contributed by atoms with Crippen molar-refractivity contribution >= 4 is 15.9 Å². The highest BCUT2D eigenvalue weighted by molar-refractivity contribution is 7.90. The van der Waals surface area contributed by atoms with E-state index in [9.17, 15) is 8.42 Å². The maximum Gasteiger partial charge on any atom is 0.299 e. The molecule has 0 bridgehead atoms. The number of aliphatic hydroxyl groups is 1. The molecule has 0 radical (unpaired) electrons. The first-order valence-electron chi connectivity index (χ1n) is 6.32. The van der Waals surface area contributed by atoms with Crippen molar-refractivity contribution in [3.05, 3.63) is 29.3 Å². The highest BCUT2D eigenvalue weighted by atomic mass is 32.2. The van der Waals surface area contributed by atoms with Crippen LogP contribution in [0.5, 0.6) is 0 Å². The van der Waals surface area contributed by atoms with Gasteiger partial charge < -0.3 is 5.11 Å². The quantitative estimate of drug-likeness (QED) is 0.715. The van der Waals surface area contributed by atoms with E-state index in [0.29, 0.717) is 12.2 Å². The number of aliphatic hydroxyl groups excluding tert-OH is 1. The van der Waals surface area contributed by atoms with Gasteiger partial charge in [0.1, 0.15) is 6.61 Å². The lowest BCUT2D eigenvalue weighted by Gasteiger charge is -2.12. The zero-order valence-corrected chi connectivity index (χ0v) is 12.7. The molecule has 0 spiro atoms. The van der Waals surface area contributed by atoms with Crippen molar-refractivity contribution in [2.75, 3.05) is 17.9 Å². The Kier molecular flexibility index (Phi) is 6.02. The Morgan fingerprint density at radius 1 is 1.35 bits per heavy atom. The smallest absolute Gasteiger partial charge is 0.299 e. The van der Waals surface area contributed by atoms with Crippen LogP contribution in [0.25, 0.3) is 0 Å². The number of benzene rings is 1. The van der Waals surface area contributed by atoms with Crippen molar-refractivity contribution in [1.82, 2.24) is 4.72 Å². The van der Waals surface area contributed by atoms with Crippen LogP contribution in [0.3, 0.4) is 0 Å². The van der Waals surface area contributed by atoms with E-state index in [2.05, 4.69) is 21.3 Å². The Labute approximate surface area is 120 Å². The first kappa shape index (κ1) is 16.5. The molecule has 5 nitrogen and oxygen atoms in total. The van der Waals surface area contributed by atoms with Crippen LogP contribution in [-0.4, -0.2) is 26.7 Å². The minimum atomic E-state index is -3.56. The first-order valence-corrected chi connectivity index (χ1v) is 7.80. The minimum Gasteiger partial charge on any atom is -0.384 e. The Morgan fingerprint density at radius 2 is 2.05 bits per heavy atom. The van der Waals surface area contributed by atoms with Crippen LogP contribution in [0.2, 0.25) is 0 Å². The second-order valence-corrected chi connectivity index (χ2v) is 6.34. The topological polar surface area (TPSA) is 78.4 Å². The van der Waals surface area contributed by atoms with Crippen molar-refractivity contribution in [1.29, 1.82) is 0 Å². The molecule has 0 amide bonds. The van der Waals surface area contributed by atoms with Crippen LogP contribution in [0.4, 0.5) is 5.69 Å². The Balaban J connectivity index is 2.83. The maximum atomic E-state index is 11.8. The van der Waals surface area contributed by atoms with Gasteiger partial charge in [0.2, 0.25) is 0 Å². The van der Waals surface area contributed by atoms with E-state index in [1.54, 1.807) is 25.1 Å².